The maximum Gasteiger partial charge on any atom is 0.134 e. The van der Waals surface area contributed by atoms with Crippen LogP contribution < -0.4 is 5.32 Å². The first-order valence-electron chi connectivity index (χ1n) is 6.06. The van der Waals surface area contributed by atoms with E-state index >= 15 is 0 Å². The Morgan fingerprint density at radius 1 is 1.40 bits per heavy atom. The zero-order valence-electron chi connectivity index (χ0n) is 10.2. The Bertz CT molecular complexity index is 177. The average molecular weight is 211 g/mol. The molecule has 15 heavy (non-hydrogen) atoms. The minimum Gasteiger partial charge on any atom is -0.314 e. The van der Waals surface area contributed by atoms with Crippen LogP contribution in [0.2, 0.25) is 0 Å². The standard InChI is InChI=1S/C13H25NO/c1-4-6-7-8-9-10-13(15)11-12(3)14-5-2/h4,12,14H,1,5-11H2,2-3H3. The van der Waals surface area contributed by atoms with Crippen LogP contribution in [0.25, 0.3) is 0 Å². The molecule has 88 valence electrons. The van der Waals surface area contributed by atoms with Crippen LogP contribution in [0.15, 0.2) is 12.7 Å². The van der Waals surface area contributed by atoms with Crippen LogP contribution in [-0.2, 0) is 4.79 Å². The van der Waals surface area contributed by atoms with Crippen LogP contribution in [0.3, 0.4) is 0 Å². The Hall–Kier alpha value is -0.630. The van der Waals surface area contributed by atoms with E-state index in [1.54, 1.807) is 0 Å². The van der Waals surface area contributed by atoms with Gasteiger partial charge in [-0.15, -0.1) is 6.58 Å². The Labute approximate surface area is 94.1 Å². The van der Waals surface area contributed by atoms with Gasteiger partial charge in [0.2, 0.25) is 0 Å². The normalized spacial score (nSPS) is 12.4. The zero-order chi connectivity index (χ0) is 11.5. The molecule has 0 amide bonds. The van der Waals surface area contributed by atoms with Crippen molar-refractivity contribution in [3.8, 4) is 0 Å². The van der Waals surface area contributed by atoms with E-state index in [9.17, 15) is 4.79 Å². The molecule has 0 heterocycles. The smallest absolute Gasteiger partial charge is 0.134 e. The highest BCUT2D eigenvalue weighted by atomic mass is 16.1. The molecule has 0 aliphatic heterocycles. The van der Waals surface area contributed by atoms with Crippen molar-refractivity contribution in [1.82, 2.24) is 5.32 Å². The maximum atomic E-state index is 11.5. The van der Waals surface area contributed by atoms with E-state index in [1.807, 2.05) is 6.08 Å². The molecule has 0 aliphatic carbocycles. The lowest BCUT2D eigenvalue weighted by Crippen LogP contribution is -2.28. The van der Waals surface area contributed by atoms with Crippen LogP contribution in [-0.4, -0.2) is 18.4 Å². The monoisotopic (exact) mass is 211 g/mol. The lowest BCUT2D eigenvalue weighted by atomic mass is 10.1. The summed E-state index contributed by atoms with van der Waals surface area (Å²) in [6.45, 7) is 8.75. The fourth-order valence-corrected chi connectivity index (χ4v) is 1.65. The van der Waals surface area contributed by atoms with Crippen LogP contribution in [0.1, 0.15) is 52.4 Å². The van der Waals surface area contributed by atoms with Crippen molar-refractivity contribution in [2.75, 3.05) is 6.54 Å². The molecule has 0 saturated heterocycles. The highest BCUT2D eigenvalue weighted by molar-refractivity contribution is 5.78. The van der Waals surface area contributed by atoms with Crippen LogP contribution in [0.4, 0.5) is 0 Å². The van der Waals surface area contributed by atoms with Crippen molar-refractivity contribution >= 4 is 5.78 Å². The largest absolute Gasteiger partial charge is 0.314 e. The fourth-order valence-electron chi connectivity index (χ4n) is 1.65. The molecular weight excluding hydrogens is 186 g/mol. The lowest BCUT2D eigenvalue weighted by Gasteiger charge is -2.10. The molecule has 0 aromatic carbocycles. The fraction of sp³-hybridized carbons (Fsp3) is 0.769. The number of nitrogens with one attached hydrogen (secondary N) is 1. The van der Waals surface area contributed by atoms with Crippen LogP contribution in [0, 0.1) is 0 Å². The van der Waals surface area contributed by atoms with Gasteiger partial charge >= 0.3 is 0 Å². The number of carbonyl (C=O) groups is 1. The Balaban J connectivity index is 3.36. The van der Waals surface area contributed by atoms with Gasteiger partial charge in [-0.1, -0.05) is 19.4 Å². The topological polar surface area (TPSA) is 29.1 Å². The molecule has 2 nitrogen and oxygen atoms in total. The van der Waals surface area contributed by atoms with Gasteiger partial charge in [-0.2, -0.15) is 0 Å². The third-order valence-corrected chi connectivity index (χ3v) is 2.45. The molecule has 1 unspecified atom stereocenters. The van der Waals surface area contributed by atoms with Gasteiger partial charge in [-0.3, -0.25) is 4.79 Å². The number of carbonyl (C=O) groups excluding carboxylic acids is 1. The molecular formula is C13H25NO. The van der Waals surface area contributed by atoms with E-state index in [2.05, 4.69) is 25.7 Å². The molecule has 2 heteroatoms. The van der Waals surface area contributed by atoms with Gasteiger partial charge < -0.3 is 5.32 Å². The minimum absolute atomic E-state index is 0.329. The molecule has 1 atom stereocenters. The first kappa shape index (κ1) is 14.4. The van der Waals surface area contributed by atoms with E-state index in [0.717, 1.165) is 32.2 Å². The number of ketones is 1. The van der Waals surface area contributed by atoms with Crippen LogP contribution >= 0.6 is 0 Å². The molecule has 0 fully saturated rings. The summed E-state index contributed by atoms with van der Waals surface area (Å²) >= 11 is 0. The summed E-state index contributed by atoms with van der Waals surface area (Å²) < 4.78 is 0. The average Bonchev–Trinajstić information content (AvgIpc) is 2.17. The zero-order valence-corrected chi connectivity index (χ0v) is 10.2. The summed E-state index contributed by atoms with van der Waals surface area (Å²) in [5.41, 5.74) is 0. The second-order valence-electron chi connectivity index (χ2n) is 4.09. The summed E-state index contributed by atoms with van der Waals surface area (Å²) in [6.07, 6.45) is 7.78. The molecule has 0 aromatic heterocycles. The number of unbranched alkanes of at least 4 members (excludes halogenated alkanes) is 3. The Morgan fingerprint density at radius 2 is 2.13 bits per heavy atom. The Kier molecular flexibility index (Phi) is 9.49. The van der Waals surface area contributed by atoms with E-state index < -0.39 is 0 Å². The summed E-state index contributed by atoms with van der Waals surface area (Å²) in [6, 6.07) is 0.329. The quantitative estimate of drug-likeness (QED) is 0.444. The van der Waals surface area contributed by atoms with Crippen molar-refractivity contribution < 1.29 is 4.79 Å². The van der Waals surface area contributed by atoms with E-state index in [0.29, 0.717) is 18.2 Å². The van der Waals surface area contributed by atoms with Crippen molar-refractivity contribution in [3.63, 3.8) is 0 Å². The van der Waals surface area contributed by atoms with Gasteiger partial charge in [0.05, 0.1) is 0 Å². The van der Waals surface area contributed by atoms with Gasteiger partial charge in [0.15, 0.2) is 0 Å². The summed E-state index contributed by atoms with van der Waals surface area (Å²) in [4.78, 5) is 11.5. The minimum atomic E-state index is 0.329. The Morgan fingerprint density at radius 3 is 2.73 bits per heavy atom. The number of hydrogen-bond acceptors (Lipinski definition) is 2. The van der Waals surface area contributed by atoms with Crippen molar-refractivity contribution in [2.24, 2.45) is 0 Å². The van der Waals surface area contributed by atoms with Gasteiger partial charge in [0, 0.05) is 18.9 Å². The maximum absolute atomic E-state index is 11.5. The lowest BCUT2D eigenvalue weighted by molar-refractivity contribution is -0.119. The van der Waals surface area contributed by atoms with Gasteiger partial charge in [0.1, 0.15) is 5.78 Å². The second kappa shape index (κ2) is 9.91. The number of Topliss-reactive ketones (excluding diaryl/α,β-unsaturated/α-hetero) is 1. The molecule has 0 spiro atoms. The third-order valence-electron chi connectivity index (χ3n) is 2.45. The van der Waals surface area contributed by atoms with Crippen molar-refractivity contribution in [3.05, 3.63) is 12.7 Å². The highest BCUT2D eigenvalue weighted by Gasteiger charge is 2.07. The number of rotatable bonds is 10. The molecule has 0 radical (unpaired) electrons. The van der Waals surface area contributed by atoms with Gasteiger partial charge in [-0.25, -0.2) is 0 Å². The predicted octanol–water partition coefficient (Wildman–Crippen LogP) is 3.08. The summed E-state index contributed by atoms with van der Waals surface area (Å²) in [7, 11) is 0. The molecule has 1 N–H and O–H groups in total. The van der Waals surface area contributed by atoms with E-state index in [1.165, 1.54) is 6.42 Å². The number of hydrogen-bond donors (Lipinski definition) is 1. The SMILES string of the molecule is C=CCCCCCC(=O)CC(C)NCC. The molecule has 0 rings (SSSR count). The molecule has 0 aromatic rings. The summed E-state index contributed by atoms with van der Waals surface area (Å²) in [5.74, 6) is 0.391. The van der Waals surface area contributed by atoms with E-state index in [4.69, 9.17) is 0 Å². The molecule has 0 saturated carbocycles. The highest BCUT2D eigenvalue weighted by Crippen LogP contribution is 2.06. The van der Waals surface area contributed by atoms with E-state index in [-0.39, 0.29) is 0 Å². The first-order valence-corrected chi connectivity index (χ1v) is 6.06. The number of allylic oxidation sites excluding steroid dienone is 1. The molecule has 0 aliphatic rings. The third kappa shape index (κ3) is 9.67. The van der Waals surface area contributed by atoms with Gasteiger partial charge in [-0.05, 0) is 32.7 Å². The second-order valence-corrected chi connectivity index (χ2v) is 4.09. The summed E-state index contributed by atoms with van der Waals surface area (Å²) in [5, 5.41) is 3.25. The van der Waals surface area contributed by atoms with Crippen molar-refractivity contribution in [1.29, 1.82) is 0 Å². The predicted molar refractivity (Wildman–Crippen MR) is 66.0 cm³/mol. The molecule has 0 bridgehead atoms. The van der Waals surface area contributed by atoms with Crippen molar-refractivity contribution in [2.45, 2.75) is 58.4 Å². The van der Waals surface area contributed by atoms with Crippen LogP contribution in [0.5, 0.6) is 0 Å². The first-order chi connectivity index (χ1) is 7.20. The van der Waals surface area contributed by atoms with Gasteiger partial charge in [0.25, 0.3) is 0 Å².